The number of rotatable bonds is 7. The molecule has 1 heterocycles. The van der Waals surface area contributed by atoms with E-state index < -0.39 is 5.60 Å². The van der Waals surface area contributed by atoms with E-state index in [9.17, 15) is 0 Å². The van der Waals surface area contributed by atoms with Gasteiger partial charge >= 0.3 is 0 Å². The van der Waals surface area contributed by atoms with E-state index in [0.717, 1.165) is 23.5 Å². The minimum Gasteiger partial charge on any atom is -0.485 e. The summed E-state index contributed by atoms with van der Waals surface area (Å²) in [7, 11) is 1.73. The summed E-state index contributed by atoms with van der Waals surface area (Å²) < 4.78 is 18.4. The lowest BCUT2D eigenvalue weighted by molar-refractivity contribution is -0.148. The minimum absolute atomic E-state index is 0.166. The maximum absolute atomic E-state index is 6.30. The van der Waals surface area contributed by atoms with Crippen LogP contribution in [0.5, 0.6) is 5.75 Å². The van der Waals surface area contributed by atoms with Gasteiger partial charge in [-0.05, 0) is 55.5 Å². The van der Waals surface area contributed by atoms with Crippen molar-refractivity contribution in [3.63, 3.8) is 0 Å². The number of benzene rings is 2. The van der Waals surface area contributed by atoms with Gasteiger partial charge in [-0.2, -0.15) is 0 Å². The predicted molar refractivity (Wildman–Crippen MR) is 128 cm³/mol. The van der Waals surface area contributed by atoms with Gasteiger partial charge in [-0.15, -0.1) is 0 Å². The van der Waals surface area contributed by atoms with Crippen LogP contribution in [0.4, 0.5) is 5.69 Å². The first-order valence-corrected chi connectivity index (χ1v) is 11.1. The highest BCUT2D eigenvalue weighted by Crippen LogP contribution is 2.44. The highest BCUT2D eigenvalue weighted by Gasteiger charge is 2.45. The zero-order valence-electron chi connectivity index (χ0n) is 20.0. The summed E-state index contributed by atoms with van der Waals surface area (Å²) in [4.78, 5) is 0. The number of hydrogen-bond acceptors (Lipinski definition) is 4. The molecule has 1 aliphatic heterocycles. The van der Waals surface area contributed by atoms with Crippen LogP contribution < -0.4 is 10.1 Å². The Morgan fingerprint density at radius 2 is 1.81 bits per heavy atom. The Labute approximate surface area is 187 Å². The highest BCUT2D eigenvalue weighted by atomic mass is 16.6. The van der Waals surface area contributed by atoms with Gasteiger partial charge in [0.1, 0.15) is 23.6 Å². The molecular weight excluding hydrogens is 386 g/mol. The zero-order valence-corrected chi connectivity index (χ0v) is 20.0. The SMILES string of the molecule is CC=CCOC1C(OC)c2cc(NCc3ccc(C(C)(C)C)cc3)ccc2OC1(C)C. The molecule has 168 valence electrons. The summed E-state index contributed by atoms with van der Waals surface area (Å²) in [5.41, 5.74) is 4.32. The summed E-state index contributed by atoms with van der Waals surface area (Å²) in [6, 6.07) is 15.0. The largest absolute Gasteiger partial charge is 0.485 e. The average Bonchev–Trinajstić information content (AvgIpc) is 2.72. The van der Waals surface area contributed by atoms with Crippen molar-refractivity contribution in [3.8, 4) is 5.75 Å². The lowest BCUT2D eigenvalue weighted by atomic mass is 9.87. The van der Waals surface area contributed by atoms with Gasteiger partial charge in [0.05, 0.1) is 6.61 Å². The van der Waals surface area contributed by atoms with Crippen LogP contribution in [0, 0.1) is 0 Å². The summed E-state index contributed by atoms with van der Waals surface area (Å²) >= 11 is 0. The summed E-state index contributed by atoms with van der Waals surface area (Å²) in [6.45, 7) is 14.1. The fraction of sp³-hybridized carbons (Fsp3) is 0.481. The third-order valence-electron chi connectivity index (χ3n) is 5.83. The van der Waals surface area contributed by atoms with E-state index >= 15 is 0 Å². The second-order valence-electron chi connectivity index (χ2n) is 9.74. The molecule has 2 aromatic carbocycles. The van der Waals surface area contributed by atoms with Crippen LogP contribution >= 0.6 is 0 Å². The number of allylic oxidation sites excluding steroid dienone is 1. The first-order valence-electron chi connectivity index (χ1n) is 11.1. The van der Waals surface area contributed by atoms with Crippen molar-refractivity contribution in [1.29, 1.82) is 0 Å². The van der Waals surface area contributed by atoms with Crippen LogP contribution in [0.1, 0.15) is 64.3 Å². The fourth-order valence-electron chi connectivity index (χ4n) is 3.96. The molecule has 0 aromatic heterocycles. The van der Waals surface area contributed by atoms with Crippen LogP contribution in [-0.2, 0) is 21.4 Å². The van der Waals surface area contributed by atoms with Gasteiger partial charge < -0.3 is 19.5 Å². The molecule has 0 saturated carbocycles. The molecule has 4 heteroatoms. The van der Waals surface area contributed by atoms with Crippen molar-refractivity contribution in [2.24, 2.45) is 0 Å². The Morgan fingerprint density at radius 1 is 1.10 bits per heavy atom. The standard InChI is InChI=1S/C27H37NO3/c1-8-9-16-30-25-24(29-7)22-17-21(14-15-23(22)31-27(25,5)6)28-18-19-10-12-20(13-11-19)26(2,3)4/h8-15,17,24-25,28H,16,18H2,1-7H3. The van der Waals surface area contributed by atoms with Crippen LogP contribution in [0.2, 0.25) is 0 Å². The molecular formula is C27H37NO3. The number of methoxy groups -OCH3 is 1. The first-order chi connectivity index (χ1) is 14.7. The van der Waals surface area contributed by atoms with Crippen molar-refractivity contribution in [2.45, 2.75) is 71.3 Å². The number of fused-ring (bicyclic) bond motifs is 1. The normalized spacial score (nSPS) is 20.4. The third-order valence-corrected chi connectivity index (χ3v) is 5.83. The Bertz CT molecular complexity index is 894. The molecule has 0 amide bonds. The lowest BCUT2D eigenvalue weighted by Gasteiger charge is -2.43. The zero-order chi connectivity index (χ0) is 22.6. The number of ether oxygens (including phenoxy) is 3. The molecule has 0 aliphatic carbocycles. The Kier molecular flexibility index (Phi) is 7.13. The van der Waals surface area contributed by atoms with E-state index in [1.54, 1.807) is 7.11 Å². The van der Waals surface area contributed by atoms with Gasteiger partial charge in [0.2, 0.25) is 0 Å². The Hall–Kier alpha value is -2.30. The molecule has 0 saturated heterocycles. The highest BCUT2D eigenvalue weighted by molar-refractivity contribution is 5.54. The second kappa shape index (κ2) is 9.46. The molecule has 2 unspecified atom stereocenters. The Balaban J connectivity index is 1.76. The van der Waals surface area contributed by atoms with E-state index in [2.05, 4.69) is 76.3 Å². The van der Waals surface area contributed by atoms with E-state index in [-0.39, 0.29) is 17.6 Å². The summed E-state index contributed by atoms with van der Waals surface area (Å²) in [5.74, 6) is 0.850. The van der Waals surface area contributed by atoms with Crippen molar-refractivity contribution in [2.75, 3.05) is 19.0 Å². The molecule has 1 N–H and O–H groups in total. The van der Waals surface area contributed by atoms with Crippen LogP contribution in [-0.4, -0.2) is 25.4 Å². The second-order valence-corrected chi connectivity index (χ2v) is 9.74. The molecule has 1 aliphatic rings. The first kappa shape index (κ1) is 23.4. The van der Waals surface area contributed by atoms with E-state index in [0.29, 0.717) is 6.61 Å². The van der Waals surface area contributed by atoms with Gasteiger partial charge in [0.15, 0.2) is 0 Å². The average molecular weight is 424 g/mol. The van der Waals surface area contributed by atoms with Gasteiger partial charge in [-0.3, -0.25) is 0 Å². The number of hydrogen-bond donors (Lipinski definition) is 1. The van der Waals surface area contributed by atoms with Crippen molar-refractivity contribution in [3.05, 3.63) is 71.3 Å². The van der Waals surface area contributed by atoms with Gasteiger partial charge in [-0.1, -0.05) is 57.2 Å². The van der Waals surface area contributed by atoms with E-state index in [4.69, 9.17) is 14.2 Å². The van der Waals surface area contributed by atoms with Crippen molar-refractivity contribution in [1.82, 2.24) is 0 Å². The maximum atomic E-state index is 6.30. The predicted octanol–water partition coefficient (Wildman–Crippen LogP) is 6.42. The molecule has 2 aromatic rings. The van der Waals surface area contributed by atoms with E-state index in [1.165, 1.54) is 11.1 Å². The monoisotopic (exact) mass is 423 g/mol. The smallest absolute Gasteiger partial charge is 0.132 e. The molecule has 31 heavy (non-hydrogen) atoms. The molecule has 0 spiro atoms. The van der Waals surface area contributed by atoms with Crippen LogP contribution in [0.25, 0.3) is 0 Å². The minimum atomic E-state index is -0.487. The topological polar surface area (TPSA) is 39.7 Å². The van der Waals surface area contributed by atoms with Crippen molar-refractivity contribution < 1.29 is 14.2 Å². The quantitative estimate of drug-likeness (QED) is 0.522. The van der Waals surface area contributed by atoms with Crippen molar-refractivity contribution >= 4 is 5.69 Å². The van der Waals surface area contributed by atoms with Gasteiger partial charge in [0, 0.05) is 24.9 Å². The Morgan fingerprint density at radius 3 is 2.42 bits per heavy atom. The molecule has 2 atom stereocenters. The summed E-state index contributed by atoms with van der Waals surface area (Å²) in [5, 5.41) is 3.54. The number of nitrogens with one attached hydrogen (secondary N) is 1. The number of anilines is 1. The molecule has 0 bridgehead atoms. The fourth-order valence-corrected chi connectivity index (χ4v) is 3.96. The lowest BCUT2D eigenvalue weighted by Crippen LogP contribution is -2.50. The third kappa shape index (κ3) is 5.50. The molecule has 0 radical (unpaired) electrons. The van der Waals surface area contributed by atoms with Crippen LogP contribution in [0.3, 0.4) is 0 Å². The summed E-state index contributed by atoms with van der Waals surface area (Å²) in [6.07, 6.45) is 3.59. The maximum Gasteiger partial charge on any atom is 0.132 e. The molecule has 4 nitrogen and oxygen atoms in total. The molecule has 3 rings (SSSR count). The van der Waals surface area contributed by atoms with E-state index in [1.807, 2.05) is 25.1 Å². The molecule has 0 fully saturated rings. The van der Waals surface area contributed by atoms with Gasteiger partial charge in [0.25, 0.3) is 0 Å². The van der Waals surface area contributed by atoms with Crippen LogP contribution in [0.15, 0.2) is 54.6 Å². The van der Waals surface area contributed by atoms with Gasteiger partial charge in [-0.25, -0.2) is 0 Å².